The van der Waals surface area contributed by atoms with Crippen LogP contribution in [0, 0.1) is 5.41 Å². The molecule has 0 radical (unpaired) electrons. The number of hydrogen-bond donors (Lipinski definition) is 0. The van der Waals surface area contributed by atoms with Gasteiger partial charge in [-0.25, -0.2) is 5.01 Å². The molecule has 1 aromatic heterocycles. The van der Waals surface area contributed by atoms with Crippen LogP contribution >= 0.6 is 11.6 Å². The molecule has 0 N–H and O–H groups in total. The van der Waals surface area contributed by atoms with E-state index in [1.165, 1.54) is 9.91 Å². The maximum atomic E-state index is 13.2. The van der Waals surface area contributed by atoms with E-state index < -0.39 is 0 Å². The number of aryl methyl sites for hydroxylation is 1. The van der Waals surface area contributed by atoms with Crippen molar-refractivity contribution in [2.24, 2.45) is 17.6 Å². The largest absolute Gasteiger partial charge is 0.350 e. The van der Waals surface area contributed by atoms with E-state index in [0.717, 1.165) is 17.0 Å². The fourth-order valence-electron chi connectivity index (χ4n) is 3.55. The predicted molar refractivity (Wildman–Crippen MR) is 119 cm³/mol. The topological polar surface area (TPSA) is 57.9 Å². The number of benzene rings is 1. The molecule has 1 aliphatic rings. The third-order valence-corrected chi connectivity index (χ3v) is 5.39. The third kappa shape index (κ3) is 5.11. The molecule has 6 nitrogen and oxygen atoms in total. The highest BCUT2D eigenvalue weighted by molar-refractivity contribution is 6.30. The van der Waals surface area contributed by atoms with Gasteiger partial charge in [0.2, 0.25) is 5.91 Å². The smallest absolute Gasteiger partial charge is 0.262 e. The second kappa shape index (κ2) is 8.64. The Labute approximate surface area is 183 Å². The van der Waals surface area contributed by atoms with Crippen LogP contribution in [0.3, 0.4) is 0 Å². The SMILES string of the molecule is CN(CC(=O)N1N=C(c2cccn2C)C[C@@H]1c1ccc(Cl)cc1)C(=O)CC(C)(C)C. The van der Waals surface area contributed by atoms with Crippen molar-refractivity contribution in [2.45, 2.75) is 39.7 Å². The van der Waals surface area contributed by atoms with E-state index in [0.29, 0.717) is 17.9 Å². The first kappa shape index (κ1) is 22.1. The van der Waals surface area contributed by atoms with Gasteiger partial charge in [0.1, 0.15) is 6.54 Å². The minimum absolute atomic E-state index is 0.0110. The molecule has 0 saturated carbocycles. The zero-order valence-electron chi connectivity index (χ0n) is 18.2. The first-order valence-electron chi connectivity index (χ1n) is 10.1. The van der Waals surface area contributed by atoms with Crippen molar-refractivity contribution in [3.8, 4) is 0 Å². The van der Waals surface area contributed by atoms with E-state index in [9.17, 15) is 9.59 Å². The summed E-state index contributed by atoms with van der Waals surface area (Å²) >= 11 is 6.05. The molecule has 2 heterocycles. The Hall–Kier alpha value is -2.60. The van der Waals surface area contributed by atoms with Gasteiger partial charge in [-0.15, -0.1) is 0 Å². The quantitative estimate of drug-likeness (QED) is 0.714. The van der Waals surface area contributed by atoms with Crippen LogP contribution in [0.25, 0.3) is 0 Å². The summed E-state index contributed by atoms with van der Waals surface area (Å²) in [6.07, 6.45) is 2.94. The molecular weight excluding hydrogens is 400 g/mol. The molecule has 2 aromatic rings. The minimum Gasteiger partial charge on any atom is -0.350 e. The lowest BCUT2D eigenvalue weighted by molar-refractivity contribution is -0.141. The Morgan fingerprint density at radius 3 is 2.43 bits per heavy atom. The molecule has 0 fully saturated rings. The summed E-state index contributed by atoms with van der Waals surface area (Å²) in [5.41, 5.74) is 2.65. The molecule has 0 spiro atoms. The molecule has 160 valence electrons. The van der Waals surface area contributed by atoms with E-state index in [1.54, 1.807) is 7.05 Å². The fraction of sp³-hybridized carbons (Fsp3) is 0.435. The number of hydrazone groups is 1. The van der Waals surface area contributed by atoms with Gasteiger partial charge in [0.25, 0.3) is 5.91 Å². The van der Waals surface area contributed by atoms with E-state index in [4.69, 9.17) is 11.6 Å². The van der Waals surface area contributed by atoms with Crippen molar-refractivity contribution in [3.63, 3.8) is 0 Å². The van der Waals surface area contributed by atoms with E-state index in [-0.39, 0.29) is 29.8 Å². The standard InChI is InChI=1S/C23H29ClN4O2/c1-23(2,3)14-21(29)27(5)15-22(30)28-20(16-8-10-17(24)11-9-16)13-18(25-28)19-7-6-12-26(19)4/h6-12,20H,13-15H2,1-5H3/t20-/m1/s1. The lowest BCUT2D eigenvalue weighted by Gasteiger charge is -2.26. The molecule has 0 bridgehead atoms. The number of hydrogen-bond acceptors (Lipinski definition) is 3. The van der Waals surface area contributed by atoms with Gasteiger partial charge in [0.15, 0.2) is 0 Å². The molecule has 3 rings (SSSR count). The van der Waals surface area contributed by atoms with Crippen molar-refractivity contribution in [1.29, 1.82) is 0 Å². The molecule has 0 aliphatic carbocycles. The van der Waals surface area contributed by atoms with Crippen LogP contribution in [0.4, 0.5) is 0 Å². The Kier molecular flexibility index (Phi) is 6.36. The number of aromatic nitrogens is 1. The third-order valence-electron chi connectivity index (χ3n) is 5.14. The molecule has 1 aromatic carbocycles. The van der Waals surface area contributed by atoms with Gasteiger partial charge in [-0.05, 0) is 35.2 Å². The lowest BCUT2D eigenvalue weighted by Crippen LogP contribution is -2.40. The monoisotopic (exact) mass is 428 g/mol. The molecular formula is C23H29ClN4O2. The summed E-state index contributed by atoms with van der Waals surface area (Å²) in [5, 5.41) is 6.83. The van der Waals surface area contributed by atoms with Crippen molar-refractivity contribution in [2.75, 3.05) is 13.6 Å². The van der Waals surface area contributed by atoms with Gasteiger partial charge in [0, 0.05) is 38.2 Å². The average Bonchev–Trinajstić information content (AvgIpc) is 3.27. The summed E-state index contributed by atoms with van der Waals surface area (Å²) < 4.78 is 1.99. The highest BCUT2D eigenvalue weighted by atomic mass is 35.5. The molecule has 1 atom stereocenters. The van der Waals surface area contributed by atoms with E-state index >= 15 is 0 Å². The molecule has 7 heteroatoms. The first-order valence-corrected chi connectivity index (χ1v) is 10.4. The van der Waals surface area contributed by atoms with Gasteiger partial charge < -0.3 is 9.47 Å². The van der Waals surface area contributed by atoms with Crippen LogP contribution in [0.5, 0.6) is 0 Å². The van der Waals surface area contributed by atoms with Gasteiger partial charge in [0.05, 0.1) is 17.4 Å². The highest BCUT2D eigenvalue weighted by Crippen LogP contribution is 2.33. The number of rotatable bonds is 5. The van der Waals surface area contributed by atoms with E-state index in [2.05, 4.69) is 5.10 Å². The maximum Gasteiger partial charge on any atom is 0.262 e. The highest BCUT2D eigenvalue weighted by Gasteiger charge is 2.34. The number of nitrogens with zero attached hydrogens (tertiary/aromatic N) is 4. The van der Waals surface area contributed by atoms with Crippen molar-refractivity contribution >= 4 is 29.1 Å². The van der Waals surface area contributed by atoms with Crippen LogP contribution in [0.2, 0.25) is 5.02 Å². The lowest BCUT2D eigenvalue weighted by atomic mass is 9.92. The van der Waals surface area contributed by atoms with Crippen molar-refractivity contribution < 1.29 is 9.59 Å². The van der Waals surface area contributed by atoms with E-state index in [1.807, 2.05) is 75.0 Å². The normalized spacial score (nSPS) is 16.5. The minimum atomic E-state index is -0.231. The van der Waals surface area contributed by atoms with Crippen LogP contribution in [0.1, 0.15) is 50.9 Å². The summed E-state index contributed by atoms with van der Waals surface area (Å²) in [7, 11) is 3.62. The van der Waals surface area contributed by atoms with Crippen LogP contribution in [-0.4, -0.2) is 45.6 Å². The van der Waals surface area contributed by atoms with Crippen LogP contribution in [0.15, 0.2) is 47.7 Å². The Balaban J connectivity index is 1.84. The molecule has 1 aliphatic heterocycles. The second-order valence-electron chi connectivity index (χ2n) is 9.05. The first-order chi connectivity index (χ1) is 14.0. The average molecular weight is 429 g/mol. The summed E-state index contributed by atoms with van der Waals surface area (Å²) in [6.45, 7) is 6.01. The Bertz CT molecular complexity index is 956. The number of carbonyl (C=O) groups is 2. The van der Waals surface area contributed by atoms with Gasteiger partial charge in [-0.3, -0.25) is 9.59 Å². The second-order valence-corrected chi connectivity index (χ2v) is 9.48. The predicted octanol–water partition coefficient (Wildman–Crippen LogP) is 4.25. The molecule has 0 saturated heterocycles. The van der Waals surface area contributed by atoms with Gasteiger partial charge in [-0.1, -0.05) is 44.5 Å². The number of amides is 2. The Morgan fingerprint density at radius 2 is 1.87 bits per heavy atom. The summed E-state index contributed by atoms with van der Waals surface area (Å²) in [4.78, 5) is 27.2. The van der Waals surface area contributed by atoms with Gasteiger partial charge >= 0.3 is 0 Å². The number of carbonyl (C=O) groups excluding carboxylic acids is 2. The molecule has 30 heavy (non-hydrogen) atoms. The number of likely N-dealkylation sites (N-methyl/N-ethyl adjacent to an activating group) is 1. The zero-order valence-corrected chi connectivity index (χ0v) is 19.0. The summed E-state index contributed by atoms with van der Waals surface area (Å²) in [6, 6.07) is 11.2. The maximum absolute atomic E-state index is 13.2. The Morgan fingerprint density at radius 1 is 1.20 bits per heavy atom. The number of halogens is 1. The van der Waals surface area contributed by atoms with Crippen LogP contribution in [-0.2, 0) is 16.6 Å². The summed E-state index contributed by atoms with van der Waals surface area (Å²) in [5.74, 6) is -0.256. The van der Waals surface area contributed by atoms with Crippen molar-refractivity contribution in [3.05, 3.63) is 58.9 Å². The van der Waals surface area contributed by atoms with Crippen LogP contribution < -0.4 is 0 Å². The zero-order chi connectivity index (χ0) is 22.1. The van der Waals surface area contributed by atoms with Gasteiger partial charge in [-0.2, -0.15) is 5.10 Å². The fourth-order valence-corrected chi connectivity index (χ4v) is 3.68. The molecule has 0 unspecified atom stereocenters. The van der Waals surface area contributed by atoms with Crippen molar-refractivity contribution in [1.82, 2.24) is 14.5 Å². The molecule has 2 amide bonds.